The number of carbonyl (C=O) groups is 1. The van der Waals surface area contributed by atoms with Crippen molar-refractivity contribution in [3.05, 3.63) is 48.3 Å². The third-order valence-corrected chi connectivity index (χ3v) is 5.03. The maximum atomic E-state index is 12.6. The molecule has 6 heteroatoms. The van der Waals surface area contributed by atoms with Gasteiger partial charge in [-0.25, -0.2) is 9.97 Å². The Labute approximate surface area is 161 Å². The Bertz CT molecular complexity index is 724. The molecular formula is C21H29N5O. The minimum atomic E-state index is 0.201. The zero-order valence-corrected chi connectivity index (χ0v) is 16.5. The lowest BCUT2D eigenvalue weighted by Crippen LogP contribution is -2.47. The molecular weight excluding hydrogens is 338 g/mol. The molecule has 27 heavy (non-hydrogen) atoms. The first-order chi connectivity index (χ1) is 13.1. The van der Waals surface area contributed by atoms with Crippen molar-refractivity contribution in [2.75, 3.05) is 37.0 Å². The molecule has 2 aromatic rings. The van der Waals surface area contributed by atoms with Crippen LogP contribution in [0.4, 0.5) is 11.6 Å². The van der Waals surface area contributed by atoms with Gasteiger partial charge in [0, 0.05) is 69.8 Å². The Hall–Kier alpha value is -2.47. The maximum Gasteiger partial charge on any atom is 0.226 e. The Kier molecular flexibility index (Phi) is 6.40. The van der Waals surface area contributed by atoms with Crippen molar-refractivity contribution in [3.8, 4) is 0 Å². The third kappa shape index (κ3) is 4.83. The lowest BCUT2D eigenvalue weighted by molar-refractivity contribution is -0.119. The van der Waals surface area contributed by atoms with Gasteiger partial charge >= 0.3 is 0 Å². The van der Waals surface area contributed by atoms with Gasteiger partial charge in [-0.1, -0.05) is 25.1 Å². The van der Waals surface area contributed by atoms with E-state index < -0.39 is 0 Å². The standard InChI is InChI=1S/C21H29N5O/c1-4-20(27)26(18-8-6-5-7-9-18)19-10-12-25(13-11-19)16-17-14-22-21(23-15-17)24(2)3/h5-9,14-15,19H,4,10-13,16H2,1-3H3. The highest BCUT2D eigenvalue weighted by molar-refractivity contribution is 5.93. The molecule has 0 aliphatic carbocycles. The molecule has 1 aliphatic heterocycles. The van der Waals surface area contributed by atoms with Crippen LogP contribution in [-0.2, 0) is 11.3 Å². The number of aromatic nitrogens is 2. The average Bonchev–Trinajstić information content (AvgIpc) is 2.70. The van der Waals surface area contributed by atoms with Crippen molar-refractivity contribution in [1.82, 2.24) is 14.9 Å². The molecule has 1 aromatic heterocycles. The zero-order chi connectivity index (χ0) is 19.2. The molecule has 1 fully saturated rings. The van der Waals surface area contributed by atoms with E-state index in [4.69, 9.17) is 0 Å². The first-order valence-corrected chi connectivity index (χ1v) is 9.66. The van der Waals surface area contributed by atoms with Gasteiger partial charge in [0.25, 0.3) is 0 Å². The maximum absolute atomic E-state index is 12.6. The summed E-state index contributed by atoms with van der Waals surface area (Å²) in [6.45, 7) is 4.74. The van der Waals surface area contributed by atoms with Gasteiger partial charge in [-0.2, -0.15) is 0 Å². The van der Waals surface area contributed by atoms with E-state index in [9.17, 15) is 4.79 Å². The molecule has 0 bridgehead atoms. The Morgan fingerprint density at radius 1 is 1.11 bits per heavy atom. The van der Waals surface area contributed by atoms with Crippen LogP contribution in [0, 0.1) is 0 Å². The number of carbonyl (C=O) groups excluding carboxylic acids is 1. The molecule has 0 spiro atoms. The lowest BCUT2D eigenvalue weighted by atomic mass is 10.0. The van der Waals surface area contributed by atoms with E-state index in [-0.39, 0.29) is 11.9 Å². The van der Waals surface area contributed by atoms with E-state index in [1.54, 1.807) is 0 Å². The van der Waals surface area contributed by atoms with E-state index in [1.807, 2.05) is 73.5 Å². The summed E-state index contributed by atoms with van der Waals surface area (Å²) in [6.07, 6.45) is 6.32. The summed E-state index contributed by atoms with van der Waals surface area (Å²) in [6, 6.07) is 10.3. The van der Waals surface area contributed by atoms with Gasteiger partial charge in [0.05, 0.1) is 0 Å². The van der Waals surface area contributed by atoms with Gasteiger partial charge in [-0.15, -0.1) is 0 Å². The number of hydrogen-bond acceptors (Lipinski definition) is 5. The van der Waals surface area contributed by atoms with Crippen LogP contribution in [0.25, 0.3) is 0 Å². The Morgan fingerprint density at radius 2 is 1.74 bits per heavy atom. The van der Waals surface area contributed by atoms with E-state index in [0.717, 1.165) is 49.7 Å². The van der Waals surface area contributed by atoms with Gasteiger partial charge in [0.15, 0.2) is 0 Å². The fourth-order valence-corrected chi connectivity index (χ4v) is 3.57. The second-order valence-electron chi connectivity index (χ2n) is 7.25. The summed E-state index contributed by atoms with van der Waals surface area (Å²) in [5, 5.41) is 0. The van der Waals surface area contributed by atoms with Gasteiger partial charge in [-0.05, 0) is 25.0 Å². The number of piperidine rings is 1. The van der Waals surface area contributed by atoms with Gasteiger partial charge < -0.3 is 9.80 Å². The molecule has 6 nitrogen and oxygen atoms in total. The van der Waals surface area contributed by atoms with E-state index >= 15 is 0 Å². The number of amides is 1. The van der Waals surface area contributed by atoms with Gasteiger partial charge in [0.2, 0.25) is 11.9 Å². The SMILES string of the molecule is CCC(=O)N(c1ccccc1)C1CCN(Cc2cnc(N(C)C)nc2)CC1. The zero-order valence-electron chi connectivity index (χ0n) is 16.5. The molecule has 1 aromatic carbocycles. The van der Waals surface area contributed by atoms with Crippen LogP contribution >= 0.6 is 0 Å². The smallest absolute Gasteiger partial charge is 0.226 e. The van der Waals surface area contributed by atoms with Crippen LogP contribution in [0.5, 0.6) is 0 Å². The highest BCUT2D eigenvalue weighted by atomic mass is 16.2. The summed E-state index contributed by atoms with van der Waals surface area (Å²) in [5.74, 6) is 0.932. The van der Waals surface area contributed by atoms with E-state index in [1.165, 1.54) is 0 Å². The van der Waals surface area contributed by atoms with Crippen molar-refractivity contribution < 1.29 is 4.79 Å². The van der Waals surface area contributed by atoms with Crippen LogP contribution in [0.3, 0.4) is 0 Å². The normalized spacial score (nSPS) is 15.5. The van der Waals surface area contributed by atoms with Crippen molar-refractivity contribution in [2.45, 2.75) is 38.8 Å². The minimum Gasteiger partial charge on any atom is -0.347 e. The summed E-state index contributed by atoms with van der Waals surface area (Å²) in [7, 11) is 3.88. The highest BCUT2D eigenvalue weighted by Crippen LogP contribution is 2.25. The molecule has 0 radical (unpaired) electrons. The predicted molar refractivity (Wildman–Crippen MR) is 109 cm³/mol. The first kappa shape index (κ1) is 19.3. The molecule has 0 atom stereocenters. The molecule has 1 saturated heterocycles. The summed E-state index contributed by atoms with van der Waals surface area (Å²) < 4.78 is 0. The second-order valence-corrected chi connectivity index (χ2v) is 7.25. The van der Waals surface area contributed by atoms with Crippen LogP contribution in [0.2, 0.25) is 0 Å². The van der Waals surface area contributed by atoms with E-state index in [2.05, 4.69) is 14.9 Å². The second kappa shape index (κ2) is 8.95. The quantitative estimate of drug-likeness (QED) is 0.786. The van der Waals surface area contributed by atoms with Crippen molar-refractivity contribution in [1.29, 1.82) is 0 Å². The topological polar surface area (TPSA) is 52.6 Å². The van der Waals surface area contributed by atoms with E-state index in [0.29, 0.717) is 6.42 Å². The summed E-state index contributed by atoms with van der Waals surface area (Å²) >= 11 is 0. The van der Waals surface area contributed by atoms with Crippen LogP contribution in [0.15, 0.2) is 42.7 Å². The van der Waals surface area contributed by atoms with Crippen molar-refractivity contribution in [3.63, 3.8) is 0 Å². The molecule has 1 aliphatic rings. The molecule has 0 unspecified atom stereocenters. The third-order valence-electron chi connectivity index (χ3n) is 5.03. The molecule has 1 amide bonds. The fourth-order valence-electron chi connectivity index (χ4n) is 3.57. The van der Waals surface area contributed by atoms with Crippen molar-refractivity contribution >= 4 is 17.5 Å². The van der Waals surface area contributed by atoms with Crippen LogP contribution in [0.1, 0.15) is 31.7 Å². The summed E-state index contributed by atoms with van der Waals surface area (Å²) in [4.78, 5) is 27.7. The number of anilines is 2. The molecule has 0 saturated carbocycles. The summed E-state index contributed by atoms with van der Waals surface area (Å²) in [5.41, 5.74) is 2.14. The number of nitrogens with zero attached hydrogens (tertiary/aromatic N) is 5. The fraction of sp³-hybridized carbons (Fsp3) is 0.476. The average molecular weight is 367 g/mol. The molecule has 144 valence electrons. The Balaban J connectivity index is 1.60. The largest absolute Gasteiger partial charge is 0.347 e. The lowest BCUT2D eigenvalue weighted by Gasteiger charge is -2.38. The number of rotatable bonds is 6. The molecule has 3 rings (SSSR count). The molecule has 0 N–H and O–H groups in total. The predicted octanol–water partition coefficient (Wildman–Crippen LogP) is 2.95. The minimum absolute atomic E-state index is 0.201. The number of likely N-dealkylation sites (tertiary alicyclic amines) is 1. The first-order valence-electron chi connectivity index (χ1n) is 9.66. The van der Waals surface area contributed by atoms with Crippen LogP contribution in [-0.4, -0.2) is 54.0 Å². The Morgan fingerprint density at radius 3 is 2.30 bits per heavy atom. The van der Waals surface area contributed by atoms with Gasteiger partial charge in [-0.3, -0.25) is 9.69 Å². The van der Waals surface area contributed by atoms with Gasteiger partial charge in [0.1, 0.15) is 0 Å². The monoisotopic (exact) mass is 367 g/mol. The number of benzene rings is 1. The van der Waals surface area contributed by atoms with Crippen molar-refractivity contribution in [2.24, 2.45) is 0 Å². The number of para-hydroxylation sites is 1. The number of hydrogen-bond donors (Lipinski definition) is 0. The van der Waals surface area contributed by atoms with Crippen LogP contribution < -0.4 is 9.80 Å². The molecule has 2 heterocycles. The highest BCUT2D eigenvalue weighted by Gasteiger charge is 2.28.